The Hall–Kier alpha value is -1.43. The lowest BCUT2D eigenvalue weighted by Crippen LogP contribution is -2.32. The minimum atomic E-state index is -0.560. The summed E-state index contributed by atoms with van der Waals surface area (Å²) in [5.41, 5.74) is 2.10. The first-order chi connectivity index (χ1) is 10.1. The van der Waals surface area contributed by atoms with Gasteiger partial charge in [-0.2, -0.15) is 0 Å². The van der Waals surface area contributed by atoms with Gasteiger partial charge in [0.05, 0.1) is 15.9 Å². The number of thiophene rings is 1. The largest absolute Gasteiger partial charge is 0.390 e. The number of fused-ring (bicyclic) bond motifs is 1. The number of benzene rings is 1. The molecule has 108 valence electrons. The summed E-state index contributed by atoms with van der Waals surface area (Å²) >= 11 is 4.95. The fraction of sp³-hybridized carbons (Fsp3) is 0.188. The number of hydrogen-bond donors (Lipinski definition) is 2. The smallest absolute Gasteiger partial charge is 0.244 e. The van der Waals surface area contributed by atoms with Crippen molar-refractivity contribution in [3.8, 4) is 0 Å². The van der Waals surface area contributed by atoms with Crippen LogP contribution in [0, 0.1) is 0 Å². The van der Waals surface area contributed by atoms with Gasteiger partial charge in [0.25, 0.3) is 0 Å². The lowest BCUT2D eigenvalue weighted by Gasteiger charge is -2.16. The van der Waals surface area contributed by atoms with Gasteiger partial charge in [-0.15, -0.1) is 11.3 Å². The molecule has 1 aromatic heterocycles. The van der Waals surface area contributed by atoms with E-state index in [1.54, 1.807) is 17.4 Å². The van der Waals surface area contributed by atoms with Crippen LogP contribution >= 0.6 is 27.3 Å². The standard InChI is InChI=1S/C16H14BrNO2S/c17-14-7-5-11(21-14)6-8-15(20)18-16-12-4-2-1-3-10(12)9-13(16)19/h1-8,13,16,19H,9H2,(H,18,20)/b8-6+. The number of aliphatic hydroxyl groups excluding tert-OH is 1. The van der Waals surface area contributed by atoms with Gasteiger partial charge in [-0.1, -0.05) is 24.3 Å². The molecule has 0 bridgehead atoms. The number of halogens is 1. The third-order valence-corrected chi connectivity index (χ3v) is 5.08. The van der Waals surface area contributed by atoms with Crippen molar-refractivity contribution in [1.82, 2.24) is 5.32 Å². The lowest BCUT2D eigenvalue weighted by molar-refractivity contribution is -0.117. The Kier molecular flexibility index (Phi) is 4.24. The molecule has 5 heteroatoms. The maximum absolute atomic E-state index is 12.0. The summed E-state index contributed by atoms with van der Waals surface area (Å²) in [4.78, 5) is 13.0. The zero-order valence-corrected chi connectivity index (χ0v) is 13.5. The van der Waals surface area contributed by atoms with Crippen molar-refractivity contribution in [3.05, 3.63) is 62.3 Å². The zero-order valence-electron chi connectivity index (χ0n) is 11.1. The quantitative estimate of drug-likeness (QED) is 0.822. The van der Waals surface area contributed by atoms with Gasteiger partial charge in [-0.25, -0.2) is 0 Å². The van der Waals surface area contributed by atoms with E-state index in [0.29, 0.717) is 6.42 Å². The van der Waals surface area contributed by atoms with E-state index in [9.17, 15) is 9.90 Å². The van der Waals surface area contributed by atoms with Crippen LogP contribution in [0.5, 0.6) is 0 Å². The normalized spacial score (nSPS) is 20.7. The van der Waals surface area contributed by atoms with E-state index >= 15 is 0 Å². The molecule has 0 aliphatic heterocycles. The average molecular weight is 364 g/mol. The predicted molar refractivity (Wildman–Crippen MR) is 88.1 cm³/mol. The first-order valence-electron chi connectivity index (χ1n) is 6.63. The van der Waals surface area contributed by atoms with Gasteiger partial charge >= 0.3 is 0 Å². The molecule has 3 rings (SSSR count). The number of carbonyl (C=O) groups is 1. The fourth-order valence-corrected chi connectivity index (χ4v) is 3.85. The van der Waals surface area contributed by atoms with Crippen molar-refractivity contribution in [2.24, 2.45) is 0 Å². The number of aliphatic hydroxyl groups is 1. The molecule has 2 atom stereocenters. The number of amides is 1. The van der Waals surface area contributed by atoms with E-state index in [1.807, 2.05) is 36.4 Å². The highest BCUT2D eigenvalue weighted by molar-refractivity contribution is 9.11. The van der Waals surface area contributed by atoms with Gasteiger partial charge in [-0.05, 0) is 45.3 Å². The second-order valence-corrected chi connectivity index (χ2v) is 7.43. The van der Waals surface area contributed by atoms with Crippen LogP contribution in [0.2, 0.25) is 0 Å². The van der Waals surface area contributed by atoms with Crippen molar-refractivity contribution >= 4 is 39.2 Å². The molecule has 1 heterocycles. The summed E-state index contributed by atoms with van der Waals surface area (Å²) in [6, 6.07) is 11.4. The summed E-state index contributed by atoms with van der Waals surface area (Å²) < 4.78 is 1.03. The molecule has 3 nitrogen and oxygen atoms in total. The van der Waals surface area contributed by atoms with E-state index in [-0.39, 0.29) is 11.9 Å². The molecule has 2 aromatic rings. The highest BCUT2D eigenvalue weighted by Crippen LogP contribution is 2.31. The molecule has 0 saturated heterocycles. The monoisotopic (exact) mass is 363 g/mol. The van der Waals surface area contributed by atoms with Gasteiger partial charge in [-0.3, -0.25) is 4.79 Å². The van der Waals surface area contributed by atoms with Gasteiger partial charge in [0, 0.05) is 17.4 Å². The van der Waals surface area contributed by atoms with Crippen LogP contribution in [-0.2, 0) is 11.2 Å². The Morgan fingerprint density at radius 1 is 1.33 bits per heavy atom. The Morgan fingerprint density at radius 3 is 2.90 bits per heavy atom. The molecule has 0 radical (unpaired) electrons. The Bertz CT molecular complexity index is 695. The molecule has 2 N–H and O–H groups in total. The molecule has 0 spiro atoms. The van der Waals surface area contributed by atoms with Crippen LogP contribution in [0.1, 0.15) is 22.0 Å². The SMILES string of the molecule is O=C(/C=C/c1ccc(Br)s1)NC1c2ccccc2CC1O. The molecule has 21 heavy (non-hydrogen) atoms. The highest BCUT2D eigenvalue weighted by atomic mass is 79.9. The summed E-state index contributed by atoms with van der Waals surface area (Å²) in [7, 11) is 0. The van der Waals surface area contributed by atoms with Crippen LogP contribution in [-0.4, -0.2) is 17.1 Å². The van der Waals surface area contributed by atoms with Crippen molar-refractivity contribution in [1.29, 1.82) is 0 Å². The molecular formula is C16H14BrNO2S. The zero-order chi connectivity index (χ0) is 14.8. The Labute approximate surface area is 135 Å². The van der Waals surface area contributed by atoms with Gasteiger partial charge in [0.15, 0.2) is 0 Å². The second-order valence-electron chi connectivity index (χ2n) is 4.93. The minimum Gasteiger partial charge on any atom is -0.390 e. The predicted octanol–water partition coefficient (Wildman–Crippen LogP) is 3.30. The van der Waals surface area contributed by atoms with E-state index in [2.05, 4.69) is 21.2 Å². The van der Waals surface area contributed by atoms with E-state index < -0.39 is 6.10 Å². The summed E-state index contributed by atoms with van der Waals surface area (Å²) in [6.45, 7) is 0. The molecule has 1 amide bonds. The summed E-state index contributed by atoms with van der Waals surface area (Å²) in [5, 5.41) is 13.0. The average Bonchev–Trinajstić information content (AvgIpc) is 3.01. The van der Waals surface area contributed by atoms with Crippen molar-refractivity contribution in [2.75, 3.05) is 0 Å². The number of nitrogens with one attached hydrogen (secondary N) is 1. The van der Waals surface area contributed by atoms with Gasteiger partial charge < -0.3 is 10.4 Å². The maximum Gasteiger partial charge on any atom is 0.244 e. The van der Waals surface area contributed by atoms with Crippen molar-refractivity contribution in [3.63, 3.8) is 0 Å². The first kappa shape index (κ1) is 14.5. The molecule has 1 aliphatic rings. The molecular weight excluding hydrogens is 350 g/mol. The van der Waals surface area contributed by atoms with E-state index in [4.69, 9.17) is 0 Å². The minimum absolute atomic E-state index is 0.194. The Morgan fingerprint density at radius 2 is 2.14 bits per heavy atom. The van der Waals surface area contributed by atoms with Crippen LogP contribution in [0.3, 0.4) is 0 Å². The van der Waals surface area contributed by atoms with E-state index in [1.165, 1.54) is 6.08 Å². The van der Waals surface area contributed by atoms with Gasteiger partial charge in [0.1, 0.15) is 0 Å². The number of rotatable bonds is 3. The maximum atomic E-state index is 12.0. The molecule has 1 aromatic carbocycles. The van der Waals surface area contributed by atoms with Crippen LogP contribution in [0.25, 0.3) is 6.08 Å². The molecule has 2 unspecified atom stereocenters. The van der Waals surface area contributed by atoms with Crippen molar-refractivity contribution in [2.45, 2.75) is 18.6 Å². The van der Waals surface area contributed by atoms with E-state index in [0.717, 1.165) is 19.8 Å². The highest BCUT2D eigenvalue weighted by Gasteiger charge is 2.31. The van der Waals surface area contributed by atoms with Gasteiger partial charge in [0.2, 0.25) is 5.91 Å². The topological polar surface area (TPSA) is 49.3 Å². The summed E-state index contributed by atoms with van der Waals surface area (Å²) in [5.74, 6) is -0.194. The second kappa shape index (κ2) is 6.13. The van der Waals surface area contributed by atoms with Crippen LogP contribution in [0.15, 0.2) is 46.3 Å². The molecule has 0 saturated carbocycles. The summed E-state index contributed by atoms with van der Waals surface area (Å²) in [6.07, 6.45) is 3.31. The number of carbonyl (C=O) groups excluding carboxylic acids is 1. The third kappa shape index (κ3) is 3.26. The van der Waals surface area contributed by atoms with Crippen LogP contribution < -0.4 is 5.32 Å². The molecule has 1 aliphatic carbocycles. The third-order valence-electron chi connectivity index (χ3n) is 3.49. The first-order valence-corrected chi connectivity index (χ1v) is 8.24. The molecule has 0 fully saturated rings. The van der Waals surface area contributed by atoms with Crippen LogP contribution in [0.4, 0.5) is 0 Å². The fourth-order valence-electron chi connectivity index (χ4n) is 2.52. The Balaban J connectivity index is 1.69. The lowest BCUT2D eigenvalue weighted by atomic mass is 10.1. The van der Waals surface area contributed by atoms with Crippen molar-refractivity contribution < 1.29 is 9.90 Å². The number of hydrogen-bond acceptors (Lipinski definition) is 3.